The van der Waals surface area contributed by atoms with Crippen LogP contribution >= 0.6 is 0 Å². The van der Waals surface area contributed by atoms with Crippen LogP contribution in [0.25, 0.3) is 0 Å². The van der Waals surface area contributed by atoms with E-state index in [4.69, 9.17) is 14.6 Å². The number of aliphatic hydroxyl groups is 1. The molecule has 2 N–H and O–H groups in total. The van der Waals surface area contributed by atoms with E-state index in [2.05, 4.69) is 5.32 Å². The highest BCUT2D eigenvalue weighted by Crippen LogP contribution is 1.87. The van der Waals surface area contributed by atoms with Gasteiger partial charge in [0.15, 0.2) is 0 Å². The lowest BCUT2D eigenvalue weighted by atomic mass is 10.8. The molecular weight excluding hydrogens is 186 g/mol. The minimum Gasteiger partial charge on any atom is -0.381 e. The molecule has 0 radical (unpaired) electrons. The van der Waals surface area contributed by atoms with Gasteiger partial charge in [-0.25, -0.2) is 0 Å². The number of ether oxygens (including phenoxy) is 2. The number of hydrogen-bond donors (Lipinski definition) is 2. The van der Waals surface area contributed by atoms with Gasteiger partial charge >= 0.3 is 0 Å². The summed E-state index contributed by atoms with van der Waals surface area (Å²) in [5.41, 5.74) is 0. The Morgan fingerprint density at radius 1 is 1.07 bits per heavy atom. The summed E-state index contributed by atoms with van der Waals surface area (Å²) in [4.78, 5) is 3.55. The molecule has 0 saturated carbocycles. The fourth-order valence-electron chi connectivity index (χ4n) is 0.734. The van der Waals surface area contributed by atoms with Crippen LogP contribution in [-0.4, -0.2) is 69.7 Å². The second kappa shape index (κ2) is 9.32. The van der Waals surface area contributed by atoms with Gasteiger partial charge in [-0.1, -0.05) is 0 Å². The van der Waals surface area contributed by atoms with Crippen molar-refractivity contribution in [2.45, 2.75) is 0 Å². The van der Waals surface area contributed by atoms with Crippen molar-refractivity contribution >= 4 is 0 Å². The Morgan fingerprint density at radius 2 is 1.64 bits per heavy atom. The molecule has 6 nitrogen and oxygen atoms in total. The summed E-state index contributed by atoms with van der Waals surface area (Å²) in [5, 5.41) is 11.5. The Hall–Kier alpha value is -0.240. The first-order valence-electron chi connectivity index (χ1n) is 4.48. The molecule has 0 rings (SSSR count). The monoisotopic (exact) mass is 207 g/mol. The smallest absolute Gasteiger partial charge is 0.102 e. The van der Waals surface area contributed by atoms with Gasteiger partial charge < -0.3 is 14.6 Å². The summed E-state index contributed by atoms with van der Waals surface area (Å²) in [6.45, 7) is 1.94. The molecule has 0 atom stereocenters. The van der Waals surface area contributed by atoms with E-state index >= 15 is 0 Å². The normalized spacial score (nSPS) is 11.6. The third-order valence-electron chi connectivity index (χ3n) is 1.42. The number of nitrogens with one attached hydrogen (secondary N) is 1. The number of hydrogen-bond acceptors (Lipinski definition) is 6. The molecule has 0 aromatic carbocycles. The minimum absolute atomic E-state index is 0.0000308. The lowest BCUT2D eigenvalue weighted by Gasteiger charge is -2.19. The average Bonchev–Trinajstić information content (AvgIpc) is 2.18. The highest BCUT2D eigenvalue weighted by atomic mass is 16.5. The molecule has 0 amide bonds. The van der Waals surface area contributed by atoms with E-state index in [9.17, 15) is 0 Å². The van der Waals surface area contributed by atoms with E-state index < -0.39 is 0 Å². The Bertz CT molecular complexity index is 126. The van der Waals surface area contributed by atoms with Crippen LogP contribution in [0.1, 0.15) is 0 Å². The van der Waals surface area contributed by atoms with E-state index in [-0.39, 0.29) is 6.73 Å². The third-order valence-corrected chi connectivity index (χ3v) is 1.42. The molecule has 0 aliphatic heterocycles. The molecule has 0 aliphatic rings. The van der Waals surface area contributed by atoms with E-state index in [0.29, 0.717) is 26.9 Å². The van der Waals surface area contributed by atoms with Crippen LogP contribution in [-0.2, 0) is 9.47 Å². The predicted molar refractivity (Wildman–Crippen MR) is 53.3 cm³/mol. The van der Waals surface area contributed by atoms with Crippen LogP contribution < -0.4 is 5.32 Å². The fraction of sp³-hybridized carbons (Fsp3) is 1.00. The zero-order valence-corrected chi connectivity index (χ0v) is 9.19. The zero-order chi connectivity index (χ0) is 10.8. The molecule has 0 saturated heterocycles. The Kier molecular flexibility index (Phi) is 9.16. The maximum absolute atomic E-state index is 8.67. The first-order valence-corrected chi connectivity index (χ1v) is 4.48. The molecule has 86 valence electrons. The van der Waals surface area contributed by atoms with E-state index in [1.54, 1.807) is 11.9 Å². The molecule has 0 aromatic heterocycles. The van der Waals surface area contributed by atoms with Crippen molar-refractivity contribution in [3.8, 4) is 0 Å². The standard InChI is InChI=1S/C8H21N3O3/c1-9-4-13-7-11(3)8-14-6-10(2)5-12/h9,12H,4-8H2,1-3H3. The van der Waals surface area contributed by atoms with E-state index in [1.165, 1.54) is 0 Å². The molecule has 0 aromatic rings. The molecule has 6 heteroatoms. The van der Waals surface area contributed by atoms with Gasteiger partial charge in [0.25, 0.3) is 0 Å². The van der Waals surface area contributed by atoms with Crippen molar-refractivity contribution in [1.82, 2.24) is 15.1 Å². The maximum atomic E-state index is 8.67. The second-order valence-electron chi connectivity index (χ2n) is 3.15. The highest BCUT2D eigenvalue weighted by Gasteiger charge is 1.99. The van der Waals surface area contributed by atoms with Crippen LogP contribution in [0.3, 0.4) is 0 Å². The number of aliphatic hydroxyl groups excluding tert-OH is 1. The molecule has 0 aliphatic carbocycles. The van der Waals surface area contributed by atoms with Gasteiger partial charge in [-0.3, -0.25) is 15.1 Å². The lowest BCUT2D eigenvalue weighted by Crippen LogP contribution is -2.30. The van der Waals surface area contributed by atoms with Crippen LogP contribution in [0.4, 0.5) is 0 Å². The van der Waals surface area contributed by atoms with Crippen LogP contribution in [0.2, 0.25) is 0 Å². The lowest BCUT2D eigenvalue weighted by molar-refractivity contribution is -0.0711. The highest BCUT2D eigenvalue weighted by molar-refractivity contribution is 4.35. The maximum Gasteiger partial charge on any atom is 0.102 e. The quantitative estimate of drug-likeness (QED) is 0.369. The summed E-state index contributed by atoms with van der Waals surface area (Å²) < 4.78 is 10.5. The Morgan fingerprint density at radius 3 is 2.21 bits per heavy atom. The van der Waals surface area contributed by atoms with E-state index in [1.807, 2.05) is 19.0 Å². The summed E-state index contributed by atoms with van der Waals surface area (Å²) in [6.07, 6.45) is 0. The van der Waals surface area contributed by atoms with Gasteiger partial charge in [-0.15, -0.1) is 0 Å². The van der Waals surface area contributed by atoms with Gasteiger partial charge in [-0.2, -0.15) is 0 Å². The minimum atomic E-state index is -0.0000308. The Labute approximate surface area is 85.4 Å². The van der Waals surface area contributed by atoms with Crippen LogP contribution in [0.15, 0.2) is 0 Å². The molecule has 0 bridgehead atoms. The number of rotatable bonds is 9. The largest absolute Gasteiger partial charge is 0.381 e. The summed E-state index contributed by atoms with van der Waals surface area (Å²) >= 11 is 0. The molecule has 0 unspecified atom stereocenters. The van der Waals surface area contributed by atoms with Crippen LogP contribution in [0.5, 0.6) is 0 Å². The van der Waals surface area contributed by atoms with E-state index in [0.717, 1.165) is 0 Å². The molecular formula is C8H21N3O3. The van der Waals surface area contributed by atoms with Crippen molar-refractivity contribution in [2.75, 3.05) is 54.8 Å². The van der Waals surface area contributed by atoms with Crippen LogP contribution in [0, 0.1) is 0 Å². The van der Waals surface area contributed by atoms with Crippen molar-refractivity contribution in [3.63, 3.8) is 0 Å². The summed E-state index contributed by atoms with van der Waals surface area (Å²) in [6, 6.07) is 0. The van der Waals surface area contributed by atoms with Crippen molar-refractivity contribution in [3.05, 3.63) is 0 Å². The van der Waals surface area contributed by atoms with Gasteiger partial charge in [-0.05, 0) is 21.1 Å². The number of nitrogens with zero attached hydrogens (tertiary/aromatic N) is 2. The topological polar surface area (TPSA) is 57.2 Å². The molecule has 0 heterocycles. The first kappa shape index (κ1) is 13.8. The van der Waals surface area contributed by atoms with Crippen molar-refractivity contribution in [2.24, 2.45) is 0 Å². The van der Waals surface area contributed by atoms with Gasteiger partial charge in [0.05, 0.1) is 13.5 Å². The molecule has 0 spiro atoms. The SMILES string of the molecule is CNCOCN(C)COCN(C)CO. The first-order chi connectivity index (χ1) is 6.70. The summed E-state index contributed by atoms with van der Waals surface area (Å²) in [7, 11) is 5.50. The second-order valence-corrected chi connectivity index (χ2v) is 3.15. The molecule has 0 fully saturated rings. The Balaban J connectivity index is 3.21. The van der Waals surface area contributed by atoms with Crippen molar-refractivity contribution in [1.29, 1.82) is 0 Å². The average molecular weight is 207 g/mol. The van der Waals surface area contributed by atoms with Crippen molar-refractivity contribution < 1.29 is 14.6 Å². The van der Waals surface area contributed by atoms with Gasteiger partial charge in [0.1, 0.15) is 20.2 Å². The predicted octanol–water partition coefficient (Wildman–Crippen LogP) is -1.12. The summed E-state index contributed by atoms with van der Waals surface area (Å²) in [5.74, 6) is 0. The van der Waals surface area contributed by atoms with Gasteiger partial charge in [0.2, 0.25) is 0 Å². The zero-order valence-electron chi connectivity index (χ0n) is 9.19. The third kappa shape index (κ3) is 8.36. The van der Waals surface area contributed by atoms with Gasteiger partial charge in [0, 0.05) is 0 Å². The fourth-order valence-corrected chi connectivity index (χ4v) is 0.734. The molecule has 14 heavy (non-hydrogen) atoms.